The molecular formula is C20H19FN4O3S2. The van der Waals surface area contributed by atoms with Gasteiger partial charge in [-0.1, -0.05) is 30.3 Å². The summed E-state index contributed by atoms with van der Waals surface area (Å²) in [5, 5.41) is 6.34. The van der Waals surface area contributed by atoms with Crippen molar-refractivity contribution in [3.05, 3.63) is 65.3 Å². The second-order valence-electron chi connectivity index (χ2n) is 6.47. The summed E-state index contributed by atoms with van der Waals surface area (Å²) >= 11 is 1.32. The van der Waals surface area contributed by atoms with Crippen LogP contribution >= 0.6 is 11.3 Å². The third-order valence-corrected chi connectivity index (χ3v) is 7.15. The Morgan fingerprint density at radius 1 is 1.17 bits per heavy atom. The Morgan fingerprint density at radius 2 is 1.97 bits per heavy atom. The molecule has 1 fully saturated rings. The monoisotopic (exact) mass is 446 g/mol. The molecule has 2 heterocycles. The molecule has 1 aromatic heterocycles. The van der Waals surface area contributed by atoms with E-state index in [-0.39, 0.29) is 10.7 Å². The SMILES string of the molecule is O=S(=O)(c1cccc(-c2csc(N/N=C/c3ccccc3F)n2)c1)N1CCOCC1. The molecule has 10 heteroatoms. The fraction of sp³-hybridized carbons (Fsp3) is 0.200. The zero-order valence-corrected chi connectivity index (χ0v) is 17.5. The van der Waals surface area contributed by atoms with Gasteiger partial charge in [0, 0.05) is 29.6 Å². The molecule has 3 aromatic rings. The number of hydrazone groups is 1. The zero-order valence-electron chi connectivity index (χ0n) is 15.9. The minimum atomic E-state index is -3.58. The topological polar surface area (TPSA) is 83.9 Å². The van der Waals surface area contributed by atoms with Crippen LogP contribution in [0.5, 0.6) is 0 Å². The Balaban J connectivity index is 1.50. The zero-order chi connectivity index (χ0) is 21.0. The lowest BCUT2D eigenvalue weighted by Gasteiger charge is -2.26. The summed E-state index contributed by atoms with van der Waals surface area (Å²) < 4.78 is 46.0. The molecule has 0 spiro atoms. The van der Waals surface area contributed by atoms with Gasteiger partial charge in [-0.3, -0.25) is 5.43 Å². The van der Waals surface area contributed by atoms with Crippen LogP contribution in [0.1, 0.15) is 5.56 Å². The van der Waals surface area contributed by atoms with E-state index in [0.29, 0.717) is 48.3 Å². The smallest absolute Gasteiger partial charge is 0.243 e. The Bertz CT molecular complexity index is 1160. The Morgan fingerprint density at radius 3 is 2.77 bits per heavy atom. The van der Waals surface area contributed by atoms with Crippen LogP contribution < -0.4 is 5.43 Å². The van der Waals surface area contributed by atoms with Crippen LogP contribution in [0.15, 0.2) is 63.9 Å². The van der Waals surface area contributed by atoms with Crippen molar-refractivity contribution in [2.75, 3.05) is 31.7 Å². The van der Waals surface area contributed by atoms with E-state index >= 15 is 0 Å². The molecule has 7 nitrogen and oxygen atoms in total. The fourth-order valence-corrected chi connectivity index (χ4v) is 5.07. The van der Waals surface area contributed by atoms with Crippen molar-refractivity contribution < 1.29 is 17.5 Å². The van der Waals surface area contributed by atoms with Crippen molar-refractivity contribution in [3.8, 4) is 11.3 Å². The molecule has 0 radical (unpaired) electrons. The number of hydrogen-bond acceptors (Lipinski definition) is 7. The number of nitrogens with zero attached hydrogens (tertiary/aromatic N) is 3. The van der Waals surface area contributed by atoms with Gasteiger partial charge in [0.15, 0.2) is 0 Å². The van der Waals surface area contributed by atoms with Gasteiger partial charge in [0.05, 0.1) is 30.0 Å². The lowest BCUT2D eigenvalue weighted by molar-refractivity contribution is 0.0730. The van der Waals surface area contributed by atoms with Crippen LogP contribution in [0.4, 0.5) is 9.52 Å². The Labute approximate surface area is 177 Å². The third-order valence-electron chi connectivity index (χ3n) is 4.51. The highest BCUT2D eigenvalue weighted by molar-refractivity contribution is 7.89. The van der Waals surface area contributed by atoms with Gasteiger partial charge in [0.25, 0.3) is 0 Å². The van der Waals surface area contributed by atoms with Crippen LogP contribution in [-0.4, -0.2) is 50.2 Å². The van der Waals surface area contributed by atoms with Gasteiger partial charge in [-0.2, -0.15) is 9.41 Å². The number of halogens is 1. The highest BCUT2D eigenvalue weighted by Crippen LogP contribution is 2.28. The number of anilines is 1. The summed E-state index contributed by atoms with van der Waals surface area (Å²) in [7, 11) is -3.58. The van der Waals surface area contributed by atoms with Crippen LogP contribution in [-0.2, 0) is 14.8 Å². The molecule has 1 saturated heterocycles. The molecule has 0 amide bonds. The number of ether oxygens (including phenoxy) is 1. The number of nitrogens with one attached hydrogen (secondary N) is 1. The van der Waals surface area contributed by atoms with E-state index in [2.05, 4.69) is 15.5 Å². The molecule has 1 N–H and O–H groups in total. The summed E-state index contributed by atoms with van der Waals surface area (Å²) in [6.45, 7) is 1.48. The van der Waals surface area contributed by atoms with Crippen LogP contribution in [0.25, 0.3) is 11.3 Å². The highest BCUT2D eigenvalue weighted by Gasteiger charge is 2.26. The largest absolute Gasteiger partial charge is 0.379 e. The first-order valence-corrected chi connectivity index (χ1v) is 11.5. The van der Waals surface area contributed by atoms with Crippen LogP contribution in [0.3, 0.4) is 0 Å². The predicted molar refractivity (Wildman–Crippen MR) is 115 cm³/mol. The molecular weight excluding hydrogens is 427 g/mol. The van der Waals surface area contributed by atoms with E-state index in [9.17, 15) is 12.8 Å². The quantitative estimate of drug-likeness (QED) is 0.463. The molecule has 4 rings (SSSR count). The first-order valence-electron chi connectivity index (χ1n) is 9.21. The van der Waals surface area contributed by atoms with Crippen molar-refractivity contribution in [2.24, 2.45) is 5.10 Å². The van der Waals surface area contributed by atoms with Gasteiger partial charge < -0.3 is 4.74 Å². The third kappa shape index (κ3) is 4.57. The summed E-state index contributed by atoms with van der Waals surface area (Å²) in [6.07, 6.45) is 1.38. The van der Waals surface area contributed by atoms with Crippen LogP contribution in [0, 0.1) is 5.82 Å². The highest BCUT2D eigenvalue weighted by atomic mass is 32.2. The van der Waals surface area contributed by atoms with Crippen molar-refractivity contribution in [3.63, 3.8) is 0 Å². The molecule has 0 unspecified atom stereocenters. The normalized spacial score (nSPS) is 15.5. The van der Waals surface area contributed by atoms with Crippen molar-refractivity contribution in [2.45, 2.75) is 4.90 Å². The Hall–Kier alpha value is -2.66. The number of thiazole rings is 1. The predicted octanol–water partition coefficient (Wildman–Crippen LogP) is 3.42. The fourth-order valence-electron chi connectivity index (χ4n) is 2.95. The molecule has 156 valence electrons. The molecule has 0 atom stereocenters. The van der Waals surface area contributed by atoms with E-state index in [1.165, 1.54) is 27.9 Å². The molecule has 1 aliphatic rings. The van der Waals surface area contributed by atoms with Gasteiger partial charge in [0.1, 0.15) is 5.82 Å². The summed E-state index contributed by atoms with van der Waals surface area (Å²) in [4.78, 5) is 4.67. The summed E-state index contributed by atoms with van der Waals surface area (Å²) in [6, 6.07) is 13.0. The number of aromatic nitrogens is 1. The maximum absolute atomic E-state index is 13.6. The summed E-state index contributed by atoms with van der Waals surface area (Å²) in [5.74, 6) is -0.360. The second kappa shape index (κ2) is 9.00. The average Bonchev–Trinajstić information content (AvgIpc) is 3.25. The first kappa shape index (κ1) is 20.6. The lowest BCUT2D eigenvalue weighted by atomic mass is 10.2. The first-order chi connectivity index (χ1) is 14.5. The number of morpholine rings is 1. The minimum absolute atomic E-state index is 0.224. The van der Waals surface area contributed by atoms with E-state index in [1.807, 2.05) is 0 Å². The molecule has 2 aromatic carbocycles. The van der Waals surface area contributed by atoms with Gasteiger partial charge >= 0.3 is 0 Å². The van der Waals surface area contributed by atoms with Gasteiger partial charge in [-0.15, -0.1) is 11.3 Å². The maximum Gasteiger partial charge on any atom is 0.243 e. The van der Waals surface area contributed by atoms with Gasteiger partial charge in [-0.25, -0.2) is 17.8 Å². The van der Waals surface area contributed by atoms with E-state index in [0.717, 1.165) is 0 Å². The van der Waals surface area contributed by atoms with E-state index < -0.39 is 10.0 Å². The molecule has 0 bridgehead atoms. The van der Waals surface area contributed by atoms with Gasteiger partial charge in [0.2, 0.25) is 15.2 Å². The van der Waals surface area contributed by atoms with Crippen LogP contribution in [0.2, 0.25) is 0 Å². The standard InChI is InChI=1S/C20H19FN4O3S2/c21-18-7-2-1-4-16(18)13-22-24-20-23-19(14-29-20)15-5-3-6-17(12-15)30(26,27)25-8-10-28-11-9-25/h1-7,12-14H,8-11H2,(H,23,24)/b22-13+. The number of rotatable bonds is 6. The Kier molecular flexibility index (Phi) is 6.18. The van der Waals surface area contributed by atoms with E-state index in [1.54, 1.807) is 47.8 Å². The molecule has 1 aliphatic heterocycles. The number of sulfonamides is 1. The van der Waals surface area contributed by atoms with Crippen molar-refractivity contribution >= 4 is 32.7 Å². The van der Waals surface area contributed by atoms with E-state index in [4.69, 9.17) is 4.74 Å². The maximum atomic E-state index is 13.6. The lowest BCUT2D eigenvalue weighted by Crippen LogP contribution is -2.40. The minimum Gasteiger partial charge on any atom is -0.379 e. The second-order valence-corrected chi connectivity index (χ2v) is 9.27. The number of benzene rings is 2. The van der Waals surface area contributed by atoms with Gasteiger partial charge in [-0.05, 0) is 18.2 Å². The molecule has 30 heavy (non-hydrogen) atoms. The molecule has 0 saturated carbocycles. The molecule has 0 aliphatic carbocycles. The summed E-state index contributed by atoms with van der Waals surface area (Å²) in [5.41, 5.74) is 4.45. The van der Waals surface area contributed by atoms with Crippen molar-refractivity contribution in [1.82, 2.24) is 9.29 Å². The number of hydrogen-bond donors (Lipinski definition) is 1. The average molecular weight is 447 g/mol. The van der Waals surface area contributed by atoms with Crippen molar-refractivity contribution in [1.29, 1.82) is 0 Å².